The van der Waals surface area contributed by atoms with Gasteiger partial charge in [0.15, 0.2) is 16.7 Å². The van der Waals surface area contributed by atoms with Crippen LogP contribution >= 0.6 is 23.5 Å². The Hall–Kier alpha value is -1.60. The Bertz CT molecular complexity index is 637. The maximum atomic E-state index is 5.76. The molecule has 104 valence electrons. The van der Waals surface area contributed by atoms with Gasteiger partial charge in [0.1, 0.15) is 10.8 Å². The molecule has 1 aliphatic rings. The second kappa shape index (κ2) is 5.80. The van der Waals surface area contributed by atoms with Gasteiger partial charge < -0.3 is 15.2 Å². The standard InChI is InChI=1S/C13H13N3O2S2/c1-19-12-5-11(14)15-13(16-12)20-6-8-2-3-9-10(4-8)18-7-17-9/h2-5H,6-7H2,1H3,(H2,14,15,16). The summed E-state index contributed by atoms with van der Waals surface area (Å²) >= 11 is 3.10. The molecule has 0 amide bonds. The zero-order valence-corrected chi connectivity index (χ0v) is 12.5. The average molecular weight is 307 g/mol. The monoisotopic (exact) mass is 307 g/mol. The Morgan fingerprint density at radius 1 is 1.20 bits per heavy atom. The van der Waals surface area contributed by atoms with Crippen LogP contribution in [0.5, 0.6) is 11.5 Å². The minimum absolute atomic E-state index is 0.293. The summed E-state index contributed by atoms with van der Waals surface area (Å²) in [4.78, 5) is 8.65. The number of hydrogen-bond donors (Lipinski definition) is 1. The highest BCUT2D eigenvalue weighted by Crippen LogP contribution is 2.34. The Labute approximate surface area is 125 Å². The van der Waals surface area contributed by atoms with Crippen molar-refractivity contribution in [2.24, 2.45) is 0 Å². The van der Waals surface area contributed by atoms with Gasteiger partial charge in [0.2, 0.25) is 6.79 Å². The first-order chi connectivity index (χ1) is 9.74. The summed E-state index contributed by atoms with van der Waals surface area (Å²) in [5.74, 6) is 2.84. The van der Waals surface area contributed by atoms with Crippen LogP contribution in [-0.2, 0) is 5.75 Å². The van der Waals surface area contributed by atoms with Crippen LogP contribution in [0.1, 0.15) is 5.56 Å². The molecule has 1 aromatic carbocycles. The van der Waals surface area contributed by atoms with Gasteiger partial charge in [0, 0.05) is 11.8 Å². The lowest BCUT2D eigenvalue weighted by atomic mass is 10.2. The molecular weight excluding hydrogens is 294 g/mol. The van der Waals surface area contributed by atoms with Crippen LogP contribution in [0.3, 0.4) is 0 Å². The van der Waals surface area contributed by atoms with Gasteiger partial charge in [-0.05, 0) is 24.0 Å². The molecule has 0 saturated carbocycles. The number of ether oxygens (including phenoxy) is 2. The van der Waals surface area contributed by atoms with Gasteiger partial charge in [-0.3, -0.25) is 0 Å². The Morgan fingerprint density at radius 3 is 2.90 bits per heavy atom. The Balaban J connectivity index is 1.71. The molecule has 5 nitrogen and oxygen atoms in total. The van der Waals surface area contributed by atoms with Crippen molar-refractivity contribution < 1.29 is 9.47 Å². The van der Waals surface area contributed by atoms with E-state index in [1.165, 1.54) is 0 Å². The molecule has 1 aliphatic heterocycles. The number of fused-ring (bicyclic) bond motifs is 1. The fourth-order valence-corrected chi connectivity index (χ4v) is 3.05. The van der Waals surface area contributed by atoms with Crippen molar-refractivity contribution in [1.82, 2.24) is 9.97 Å². The number of aromatic nitrogens is 2. The lowest BCUT2D eigenvalue weighted by molar-refractivity contribution is 0.174. The third kappa shape index (κ3) is 2.94. The van der Waals surface area contributed by atoms with Crippen molar-refractivity contribution >= 4 is 29.3 Å². The van der Waals surface area contributed by atoms with Crippen molar-refractivity contribution in [2.45, 2.75) is 15.9 Å². The third-order valence-electron chi connectivity index (χ3n) is 2.72. The van der Waals surface area contributed by atoms with E-state index in [2.05, 4.69) is 9.97 Å². The number of nitrogen functional groups attached to an aromatic ring is 1. The molecule has 0 saturated heterocycles. The average Bonchev–Trinajstić information content (AvgIpc) is 2.92. The van der Waals surface area contributed by atoms with Crippen molar-refractivity contribution in [3.63, 3.8) is 0 Å². The Kier molecular flexibility index (Phi) is 3.88. The summed E-state index contributed by atoms with van der Waals surface area (Å²) in [7, 11) is 0. The van der Waals surface area contributed by atoms with E-state index < -0.39 is 0 Å². The van der Waals surface area contributed by atoms with Crippen molar-refractivity contribution in [3.05, 3.63) is 29.8 Å². The number of benzene rings is 1. The molecule has 0 fully saturated rings. The highest BCUT2D eigenvalue weighted by molar-refractivity contribution is 7.99. The predicted octanol–water partition coefficient (Wildman–Crippen LogP) is 2.80. The minimum atomic E-state index is 0.293. The van der Waals surface area contributed by atoms with E-state index in [-0.39, 0.29) is 0 Å². The summed E-state index contributed by atoms with van der Waals surface area (Å²) in [5, 5.41) is 1.57. The number of hydrogen-bond acceptors (Lipinski definition) is 7. The van der Waals surface area contributed by atoms with Gasteiger partial charge in [0.25, 0.3) is 0 Å². The molecule has 3 rings (SSSR count). The third-order valence-corrected chi connectivity index (χ3v) is 4.26. The van der Waals surface area contributed by atoms with E-state index in [9.17, 15) is 0 Å². The summed E-state index contributed by atoms with van der Waals surface area (Å²) < 4.78 is 10.6. The van der Waals surface area contributed by atoms with Gasteiger partial charge in [-0.25, -0.2) is 9.97 Å². The van der Waals surface area contributed by atoms with Crippen molar-refractivity contribution in [3.8, 4) is 11.5 Å². The molecule has 0 spiro atoms. The van der Waals surface area contributed by atoms with Gasteiger partial charge in [-0.1, -0.05) is 17.8 Å². The largest absolute Gasteiger partial charge is 0.454 e. The van der Waals surface area contributed by atoms with E-state index >= 15 is 0 Å². The molecule has 0 aliphatic carbocycles. The van der Waals surface area contributed by atoms with Crippen molar-refractivity contribution in [1.29, 1.82) is 0 Å². The van der Waals surface area contributed by atoms with Crippen LogP contribution in [0.2, 0.25) is 0 Å². The molecule has 7 heteroatoms. The molecule has 0 bridgehead atoms. The summed E-state index contributed by atoms with van der Waals surface area (Å²) in [6, 6.07) is 7.69. The number of nitrogens with zero attached hydrogens (tertiary/aromatic N) is 2. The van der Waals surface area contributed by atoms with Crippen molar-refractivity contribution in [2.75, 3.05) is 18.8 Å². The fraction of sp³-hybridized carbons (Fsp3) is 0.231. The lowest BCUT2D eigenvalue weighted by Crippen LogP contribution is -1.96. The highest BCUT2D eigenvalue weighted by Gasteiger charge is 2.13. The summed E-state index contributed by atoms with van der Waals surface area (Å²) in [5.41, 5.74) is 6.90. The zero-order chi connectivity index (χ0) is 13.9. The van der Waals surface area contributed by atoms with Crippen LogP contribution in [0.25, 0.3) is 0 Å². The van der Waals surface area contributed by atoms with Gasteiger partial charge in [-0.2, -0.15) is 0 Å². The van der Waals surface area contributed by atoms with E-state index in [1.807, 2.05) is 24.5 Å². The van der Waals surface area contributed by atoms with Crippen LogP contribution in [0.15, 0.2) is 34.4 Å². The number of anilines is 1. The quantitative estimate of drug-likeness (QED) is 0.529. The number of nitrogens with two attached hydrogens (primary N) is 1. The normalized spacial score (nSPS) is 12.7. The van der Waals surface area contributed by atoms with Crippen LogP contribution < -0.4 is 15.2 Å². The molecule has 0 atom stereocenters. The first-order valence-corrected chi connectivity index (χ1v) is 8.15. The SMILES string of the molecule is CSc1cc(N)nc(SCc2ccc3c(c2)OCO3)n1. The highest BCUT2D eigenvalue weighted by atomic mass is 32.2. The van der Waals surface area contributed by atoms with Gasteiger partial charge in [-0.15, -0.1) is 11.8 Å². The lowest BCUT2D eigenvalue weighted by Gasteiger charge is -2.04. The number of thioether (sulfide) groups is 2. The molecule has 20 heavy (non-hydrogen) atoms. The molecule has 0 unspecified atom stereocenters. The second-order valence-corrected chi connectivity index (χ2v) is 5.86. The summed E-state index contributed by atoms with van der Waals surface area (Å²) in [6.45, 7) is 0.293. The summed E-state index contributed by atoms with van der Waals surface area (Å²) in [6.07, 6.45) is 1.97. The molecular formula is C13H13N3O2S2. The van der Waals surface area contributed by atoms with E-state index in [1.54, 1.807) is 29.6 Å². The van der Waals surface area contributed by atoms with E-state index in [0.717, 1.165) is 27.8 Å². The van der Waals surface area contributed by atoms with E-state index in [4.69, 9.17) is 15.2 Å². The maximum Gasteiger partial charge on any atom is 0.231 e. The molecule has 2 aromatic rings. The van der Waals surface area contributed by atoms with Gasteiger partial charge >= 0.3 is 0 Å². The van der Waals surface area contributed by atoms with Crippen LogP contribution in [0.4, 0.5) is 5.82 Å². The smallest absolute Gasteiger partial charge is 0.231 e. The maximum absolute atomic E-state index is 5.76. The first kappa shape index (κ1) is 13.4. The molecule has 2 heterocycles. The van der Waals surface area contributed by atoms with E-state index in [0.29, 0.717) is 17.8 Å². The molecule has 1 aromatic heterocycles. The van der Waals surface area contributed by atoms with Crippen LogP contribution in [0, 0.1) is 0 Å². The van der Waals surface area contributed by atoms with Gasteiger partial charge in [0.05, 0.1) is 0 Å². The molecule has 2 N–H and O–H groups in total. The first-order valence-electron chi connectivity index (χ1n) is 5.94. The topological polar surface area (TPSA) is 70.3 Å². The zero-order valence-electron chi connectivity index (χ0n) is 10.8. The number of rotatable bonds is 4. The Morgan fingerprint density at radius 2 is 2.05 bits per heavy atom. The molecule has 0 radical (unpaired) electrons. The second-order valence-electron chi connectivity index (χ2n) is 4.09. The fourth-order valence-electron chi connectivity index (χ4n) is 1.77. The predicted molar refractivity (Wildman–Crippen MR) is 80.4 cm³/mol. The van der Waals surface area contributed by atoms with Crippen LogP contribution in [-0.4, -0.2) is 23.0 Å². The minimum Gasteiger partial charge on any atom is -0.454 e.